The smallest absolute Gasteiger partial charge is 0.242 e. The number of benzene rings is 2. The number of rotatable bonds is 9. The summed E-state index contributed by atoms with van der Waals surface area (Å²) in [7, 11) is 1.61. The lowest BCUT2D eigenvalue weighted by Gasteiger charge is -2.31. The fourth-order valence-electron chi connectivity index (χ4n) is 5.19. The van der Waals surface area contributed by atoms with Crippen molar-refractivity contribution in [3.63, 3.8) is 0 Å². The molecule has 2 aromatic carbocycles. The molecule has 2 aliphatic rings. The molecular formula is C27H37N3O5. The van der Waals surface area contributed by atoms with Gasteiger partial charge in [0.15, 0.2) is 11.5 Å². The van der Waals surface area contributed by atoms with E-state index in [-0.39, 0.29) is 42.8 Å². The van der Waals surface area contributed by atoms with Crippen LogP contribution in [0.3, 0.4) is 0 Å². The number of ether oxygens (including phenoxy) is 2. The lowest BCUT2D eigenvalue weighted by molar-refractivity contribution is -0.131. The van der Waals surface area contributed by atoms with Gasteiger partial charge in [0.2, 0.25) is 5.91 Å². The van der Waals surface area contributed by atoms with E-state index in [4.69, 9.17) is 9.47 Å². The van der Waals surface area contributed by atoms with Gasteiger partial charge in [-0.05, 0) is 61.1 Å². The van der Waals surface area contributed by atoms with Crippen LogP contribution in [0.4, 0.5) is 0 Å². The Morgan fingerprint density at radius 3 is 2.46 bits per heavy atom. The van der Waals surface area contributed by atoms with Gasteiger partial charge in [-0.3, -0.25) is 4.79 Å². The molecule has 190 valence electrons. The Balaban J connectivity index is 1.72. The van der Waals surface area contributed by atoms with Crippen LogP contribution in [0.25, 0.3) is 0 Å². The van der Waals surface area contributed by atoms with E-state index in [2.05, 4.69) is 24.7 Å². The van der Waals surface area contributed by atoms with E-state index in [1.54, 1.807) is 18.1 Å². The second kappa shape index (κ2) is 10.4. The van der Waals surface area contributed by atoms with Crippen LogP contribution in [-0.2, 0) is 4.79 Å². The summed E-state index contributed by atoms with van der Waals surface area (Å²) in [5, 5.41) is 20.5. The zero-order valence-corrected chi connectivity index (χ0v) is 21.2. The molecule has 2 heterocycles. The van der Waals surface area contributed by atoms with Crippen molar-refractivity contribution in [3.05, 3.63) is 52.6 Å². The first-order chi connectivity index (χ1) is 16.8. The molecular weight excluding hydrogens is 446 g/mol. The number of aryl methyl sites for hydroxylation is 2. The summed E-state index contributed by atoms with van der Waals surface area (Å²) in [6.45, 7) is 8.96. The summed E-state index contributed by atoms with van der Waals surface area (Å²) in [6.07, 6.45) is 0.939. The number of β-amino-alcohol motifs (C(OH)–C–C–N with tert-alkyl or cyclic N) is 1. The minimum Gasteiger partial charge on any atom is -0.508 e. The van der Waals surface area contributed by atoms with Crippen LogP contribution < -0.4 is 20.3 Å². The Morgan fingerprint density at radius 2 is 1.77 bits per heavy atom. The van der Waals surface area contributed by atoms with E-state index >= 15 is 0 Å². The largest absolute Gasteiger partial charge is 0.508 e. The third-order valence-corrected chi connectivity index (χ3v) is 7.21. The molecule has 0 radical (unpaired) electrons. The highest BCUT2D eigenvalue weighted by molar-refractivity contribution is 5.86. The Kier molecular flexibility index (Phi) is 7.54. The molecule has 4 atom stereocenters. The molecule has 4 rings (SSSR count). The van der Waals surface area contributed by atoms with Crippen molar-refractivity contribution in [3.8, 4) is 17.2 Å². The maximum atomic E-state index is 13.4. The van der Waals surface area contributed by atoms with E-state index in [1.165, 1.54) is 0 Å². The van der Waals surface area contributed by atoms with Gasteiger partial charge >= 0.3 is 0 Å². The molecule has 8 heteroatoms. The van der Waals surface area contributed by atoms with Crippen LogP contribution in [-0.4, -0.2) is 53.9 Å². The fourth-order valence-corrected chi connectivity index (χ4v) is 5.19. The molecule has 2 aromatic rings. The number of aliphatic hydroxyl groups is 1. The van der Waals surface area contributed by atoms with Gasteiger partial charge in [-0.1, -0.05) is 26.0 Å². The number of methoxy groups -OCH3 is 1. The van der Waals surface area contributed by atoms with Crippen LogP contribution >= 0.6 is 0 Å². The van der Waals surface area contributed by atoms with Crippen molar-refractivity contribution < 1.29 is 24.5 Å². The van der Waals surface area contributed by atoms with Crippen molar-refractivity contribution >= 4 is 5.91 Å². The SMILES string of the molecule is COc1cc(C2C3C(NNC3c3cc(C)c(C)cc3O)C(=O)N2CCO)ccc1OCCC(C)C. The van der Waals surface area contributed by atoms with Gasteiger partial charge in [0, 0.05) is 18.0 Å². The lowest BCUT2D eigenvalue weighted by Crippen LogP contribution is -2.42. The number of carbonyl (C=O) groups excluding carboxylic acids is 1. The maximum Gasteiger partial charge on any atom is 0.242 e. The first kappa shape index (κ1) is 25.3. The molecule has 2 saturated heterocycles. The third kappa shape index (κ3) is 4.83. The Labute approximate surface area is 207 Å². The van der Waals surface area contributed by atoms with E-state index in [1.807, 2.05) is 38.1 Å². The summed E-state index contributed by atoms with van der Waals surface area (Å²) in [5.41, 5.74) is 10.1. The number of hydrogen-bond donors (Lipinski definition) is 4. The lowest BCUT2D eigenvalue weighted by atomic mass is 9.82. The van der Waals surface area contributed by atoms with Crippen molar-refractivity contribution in [1.82, 2.24) is 15.8 Å². The van der Waals surface area contributed by atoms with Crippen molar-refractivity contribution in [2.45, 2.75) is 52.2 Å². The molecule has 0 aromatic heterocycles. The summed E-state index contributed by atoms with van der Waals surface area (Å²) in [5.74, 6) is 1.72. The zero-order valence-electron chi connectivity index (χ0n) is 21.2. The normalized spacial score (nSPS) is 23.7. The Hall–Kier alpha value is -2.81. The van der Waals surface area contributed by atoms with Crippen LogP contribution in [0, 0.1) is 25.7 Å². The number of nitrogens with zero attached hydrogens (tertiary/aromatic N) is 1. The van der Waals surface area contributed by atoms with Gasteiger partial charge in [-0.2, -0.15) is 0 Å². The minimum absolute atomic E-state index is 0.0800. The molecule has 8 nitrogen and oxygen atoms in total. The van der Waals surface area contributed by atoms with Crippen molar-refractivity contribution in [2.24, 2.45) is 11.8 Å². The molecule has 4 unspecified atom stereocenters. The molecule has 2 fully saturated rings. The highest BCUT2D eigenvalue weighted by atomic mass is 16.5. The molecule has 0 bridgehead atoms. The first-order valence-electron chi connectivity index (χ1n) is 12.3. The predicted molar refractivity (Wildman–Crippen MR) is 133 cm³/mol. The number of hydrogen-bond acceptors (Lipinski definition) is 7. The van der Waals surface area contributed by atoms with Crippen LogP contribution in [0.5, 0.6) is 17.2 Å². The van der Waals surface area contributed by atoms with Crippen LogP contribution in [0.2, 0.25) is 0 Å². The number of fused-ring (bicyclic) bond motifs is 1. The zero-order chi connectivity index (χ0) is 25.3. The molecule has 35 heavy (non-hydrogen) atoms. The number of phenols is 1. The molecule has 0 spiro atoms. The fraction of sp³-hybridized carbons (Fsp3) is 0.519. The second-order valence-electron chi connectivity index (χ2n) is 9.96. The van der Waals surface area contributed by atoms with Crippen LogP contribution in [0.1, 0.15) is 54.6 Å². The summed E-state index contributed by atoms with van der Waals surface area (Å²) in [4.78, 5) is 15.1. The Morgan fingerprint density at radius 1 is 1.06 bits per heavy atom. The first-order valence-corrected chi connectivity index (χ1v) is 12.3. The number of aromatic hydroxyl groups is 1. The number of amides is 1. The Bertz CT molecular complexity index is 1070. The summed E-state index contributed by atoms with van der Waals surface area (Å²) in [6, 6.07) is 8.42. The second-order valence-corrected chi connectivity index (χ2v) is 9.96. The molecule has 1 amide bonds. The number of likely N-dealkylation sites (tertiary alicyclic amines) is 1. The summed E-state index contributed by atoms with van der Waals surface area (Å²) < 4.78 is 11.6. The van der Waals surface area contributed by atoms with Gasteiger partial charge < -0.3 is 24.6 Å². The number of phenolic OH excluding ortho intramolecular Hbond substituents is 1. The predicted octanol–water partition coefficient (Wildman–Crippen LogP) is 3.15. The third-order valence-electron chi connectivity index (χ3n) is 7.21. The standard InChI is InChI=1S/C27H37N3O5/c1-15(2)8-11-35-21-7-6-18(14-22(21)34-5)26-23-24(19-12-16(3)17(4)13-20(19)32)28-29-25(23)27(33)30(26)9-10-31/h6-7,12-15,23-26,28-29,31-32H,8-11H2,1-5H3. The van der Waals surface area contributed by atoms with Crippen molar-refractivity contribution in [2.75, 3.05) is 26.9 Å². The van der Waals surface area contributed by atoms with E-state index in [0.717, 1.165) is 28.7 Å². The maximum absolute atomic E-state index is 13.4. The quantitative estimate of drug-likeness (QED) is 0.434. The van der Waals surface area contributed by atoms with E-state index in [0.29, 0.717) is 24.0 Å². The van der Waals surface area contributed by atoms with Gasteiger partial charge in [-0.25, -0.2) is 10.9 Å². The highest BCUT2D eigenvalue weighted by Crippen LogP contribution is 2.49. The molecule has 0 saturated carbocycles. The molecule has 0 aliphatic carbocycles. The topological polar surface area (TPSA) is 103 Å². The average Bonchev–Trinajstić information content (AvgIpc) is 3.36. The van der Waals surface area contributed by atoms with Gasteiger partial charge in [0.05, 0.1) is 32.4 Å². The number of hydrazine groups is 1. The van der Waals surface area contributed by atoms with Gasteiger partial charge in [0.1, 0.15) is 11.8 Å². The number of aliphatic hydroxyl groups excluding tert-OH is 1. The van der Waals surface area contributed by atoms with Gasteiger partial charge in [-0.15, -0.1) is 0 Å². The van der Waals surface area contributed by atoms with E-state index in [9.17, 15) is 15.0 Å². The summed E-state index contributed by atoms with van der Waals surface area (Å²) >= 11 is 0. The average molecular weight is 484 g/mol. The van der Waals surface area contributed by atoms with Gasteiger partial charge in [0.25, 0.3) is 0 Å². The monoisotopic (exact) mass is 483 g/mol. The van der Waals surface area contributed by atoms with E-state index < -0.39 is 6.04 Å². The minimum atomic E-state index is -0.481. The highest BCUT2D eigenvalue weighted by Gasteiger charge is 2.55. The number of nitrogens with one attached hydrogen (secondary N) is 2. The molecule has 4 N–H and O–H groups in total. The van der Waals surface area contributed by atoms with Crippen LogP contribution in [0.15, 0.2) is 30.3 Å². The van der Waals surface area contributed by atoms with Crippen molar-refractivity contribution in [1.29, 1.82) is 0 Å². The molecule has 2 aliphatic heterocycles. The number of carbonyl (C=O) groups is 1.